The summed E-state index contributed by atoms with van der Waals surface area (Å²) in [5.41, 5.74) is 1.41. The number of amides is 1. The number of ether oxygens (including phenoxy) is 1. The maximum absolute atomic E-state index is 11.9. The molecule has 22 heavy (non-hydrogen) atoms. The number of carbonyl (C=O) groups excluding carboxylic acids is 2. The SMILES string of the molecule is CC(=O)[C@@H](Cc1c[nH]c2ccccc12)NC(=O)OC(C)(C)C. The van der Waals surface area contributed by atoms with Gasteiger partial charge in [-0.1, -0.05) is 18.2 Å². The molecule has 1 heterocycles. The second-order valence-electron chi connectivity index (χ2n) is 6.37. The number of nitrogens with one attached hydrogen (secondary N) is 2. The van der Waals surface area contributed by atoms with Gasteiger partial charge >= 0.3 is 6.09 Å². The number of rotatable bonds is 4. The zero-order valence-corrected chi connectivity index (χ0v) is 13.4. The van der Waals surface area contributed by atoms with Crippen molar-refractivity contribution in [3.63, 3.8) is 0 Å². The molecular formula is C17H22N2O3. The Balaban J connectivity index is 2.12. The minimum atomic E-state index is -0.603. The first kappa shape index (κ1) is 16.1. The zero-order valence-electron chi connectivity index (χ0n) is 13.4. The fourth-order valence-electron chi connectivity index (χ4n) is 2.27. The number of aromatic nitrogens is 1. The van der Waals surface area contributed by atoms with Crippen LogP contribution in [0, 0.1) is 0 Å². The van der Waals surface area contributed by atoms with Crippen molar-refractivity contribution in [3.05, 3.63) is 36.0 Å². The lowest BCUT2D eigenvalue weighted by atomic mass is 10.0. The number of hydrogen-bond donors (Lipinski definition) is 2. The summed E-state index contributed by atoms with van der Waals surface area (Å²) in [6, 6.07) is 7.26. The van der Waals surface area contributed by atoms with Crippen molar-refractivity contribution < 1.29 is 14.3 Å². The Bertz CT molecular complexity index is 683. The lowest BCUT2D eigenvalue weighted by Crippen LogP contribution is -2.43. The molecule has 0 aliphatic carbocycles. The third-order valence-electron chi connectivity index (χ3n) is 3.28. The zero-order chi connectivity index (χ0) is 16.3. The fraction of sp³-hybridized carbons (Fsp3) is 0.412. The third kappa shape index (κ3) is 4.10. The van der Waals surface area contributed by atoms with Crippen molar-refractivity contribution >= 4 is 22.8 Å². The average Bonchev–Trinajstić information content (AvgIpc) is 2.79. The van der Waals surface area contributed by atoms with E-state index in [1.807, 2.05) is 30.5 Å². The van der Waals surface area contributed by atoms with Gasteiger partial charge in [0, 0.05) is 23.5 Å². The molecule has 0 spiro atoms. The van der Waals surface area contributed by atoms with Crippen LogP contribution in [0.5, 0.6) is 0 Å². The van der Waals surface area contributed by atoms with E-state index in [1.54, 1.807) is 20.8 Å². The number of Topliss-reactive ketones (excluding diaryl/α,β-unsaturated/α-hetero) is 1. The van der Waals surface area contributed by atoms with Crippen LogP contribution in [0.2, 0.25) is 0 Å². The number of carbonyl (C=O) groups is 2. The van der Waals surface area contributed by atoms with Crippen LogP contribution in [0.4, 0.5) is 4.79 Å². The van der Waals surface area contributed by atoms with Crippen molar-refractivity contribution in [3.8, 4) is 0 Å². The van der Waals surface area contributed by atoms with E-state index < -0.39 is 17.7 Å². The summed E-state index contributed by atoms with van der Waals surface area (Å²) >= 11 is 0. The number of aromatic amines is 1. The van der Waals surface area contributed by atoms with E-state index in [0.717, 1.165) is 16.5 Å². The Kier molecular flexibility index (Phi) is 4.54. The maximum atomic E-state index is 11.9. The van der Waals surface area contributed by atoms with Gasteiger partial charge in [0.1, 0.15) is 5.60 Å². The van der Waals surface area contributed by atoms with Crippen LogP contribution in [-0.2, 0) is 16.0 Å². The number of fused-ring (bicyclic) bond motifs is 1. The number of ketones is 1. The van der Waals surface area contributed by atoms with Crippen molar-refractivity contribution in [1.82, 2.24) is 10.3 Å². The van der Waals surface area contributed by atoms with Crippen LogP contribution in [-0.4, -0.2) is 28.5 Å². The molecule has 0 aliphatic heterocycles. The van der Waals surface area contributed by atoms with Crippen molar-refractivity contribution in [1.29, 1.82) is 0 Å². The van der Waals surface area contributed by atoms with Crippen LogP contribution >= 0.6 is 0 Å². The van der Waals surface area contributed by atoms with Crippen LogP contribution in [0.3, 0.4) is 0 Å². The molecule has 1 aromatic heterocycles. The molecule has 2 rings (SSSR count). The predicted molar refractivity (Wildman–Crippen MR) is 85.8 cm³/mol. The molecule has 0 fully saturated rings. The largest absolute Gasteiger partial charge is 0.444 e. The molecule has 0 aliphatic rings. The normalized spacial score (nSPS) is 12.9. The Hall–Kier alpha value is -2.30. The second kappa shape index (κ2) is 6.22. The maximum Gasteiger partial charge on any atom is 0.408 e. The van der Waals surface area contributed by atoms with Gasteiger partial charge < -0.3 is 15.0 Å². The number of benzene rings is 1. The predicted octanol–water partition coefficient (Wildman–Crippen LogP) is 3.19. The van der Waals surface area contributed by atoms with Crippen molar-refractivity contribution in [2.75, 3.05) is 0 Å². The lowest BCUT2D eigenvalue weighted by molar-refractivity contribution is -0.119. The van der Waals surface area contributed by atoms with Crippen LogP contribution in [0.25, 0.3) is 10.9 Å². The van der Waals surface area contributed by atoms with E-state index >= 15 is 0 Å². The standard InChI is InChI=1S/C17H22N2O3/c1-11(20)15(19-16(21)22-17(2,3)4)9-12-10-18-14-8-6-5-7-13(12)14/h5-8,10,15,18H,9H2,1-4H3,(H,19,21)/t15-/m1/s1. The molecule has 0 saturated heterocycles. The third-order valence-corrected chi connectivity index (χ3v) is 3.28. The highest BCUT2D eigenvalue weighted by Crippen LogP contribution is 2.19. The Morgan fingerprint density at radius 1 is 1.27 bits per heavy atom. The Labute approximate surface area is 130 Å². The van der Waals surface area contributed by atoms with Gasteiger partial charge in [0.15, 0.2) is 5.78 Å². The first-order valence-corrected chi connectivity index (χ1v) is 7.31. The van der Waals surface area contributed by atoms with Crippen LogP contribution in [0.1, 0.15) is 33.3 Å². The van der Waals surface area contributed by atoms with E-state index in [2.05, 4.69) is 10.3 Å². The molecule has 5 heteroatoms. The number of alkyl carbamates (subject to hydrolysis) is 1. The molecule has 0 bridgehead atoms. The lowest BCUT2D eigenvalue weighted by Gasteiger charge is -2.22. The Morgan fingerprint density at radius 2 is 1.95 bits per heavy atom. The summed E-state index contributed by atoms with van der Waals surface area (Å²) in [5.74, 6) is -0.101. The molecule has 2 N–H and O–H groups in total. The molecular weight excluding hydrogens is 280 g/mol. The molecule has 1 aromatic carbocycles. The summed E-state index contributed by atoms with van der Waals surface area (Å²) < 4.78 is 5.21. The fourth-order valence-corrected chi connectivity index (χ4v) is 2.27. The van der Waals surface area contributed by atoms with Gasteiger partial charge in [-0.3, -0.25) is 4.79 Å². The topological polar surface area (TPSA) is 71.2 Å². The summed E-state index contributed by atoms with van der Waals surface area (Å²) in [7, 11) is 0. The minimum absolute atomic E-state index is 0.101. The highest BCUT2D eigenvalue weighted by atomic mass is 16.6. The van der Waals surface area contributed by atoms with Gasteiger partial charge in [-0.15, -0.1) is 0 Å². The van der Waals surface area contributed by atoms with Crippen LogP contribution in [0.15, 0.2) is 30.5 Å². The number of hydrogen-bond acceptors (Lipinski definition) is 3. The van der Waals surface area contributed by atoms with Crippen molar-refractivity contribution in [2.24, 2.45) is 0 Å². The number of para-hydroxylation sites is 1. The molecule has 1 amide bonds. The van der Waals surface area contributed by atoms with Gasteiger partial charge in [0.25, 0.3) is 0 Å². The van der Waals surface area contributed by atoms with Gasteiger partial charge in [-0.2, -0.15) is 0 Å². The van der Waals surface area contributed by atoms with E-state index in [-0.39, 0.29) is 5.78 Å². The van der Waals surface area contributed by atoms with Gasteiger partial charge in [0.05, 0.1) is 6.04 Å². The Morgan fingerprint density at radius 3 is 2.59 bits per heavy atom. The molecule has 0 radical (unpaired) electrons. The van der Waals surface area contributed by atoms with E-state index in [9.17, 15) is 9.59 Å². The molecule has 0 unspecified atom stereocenters. The van der Waals surface area contributed by atoms with Gasteiger partial charge in [0.2, 0.25) is 0 Å². The average molecular weight is 302 g/mol. The summed E-state index contributed by atoms with van der Waals surface area (Å²) in [6.45, 7) is 6.83. The quantitative estimate of drug-likeness (QED) is 0.911. The van der Waals surface area contributed by atoms with Crippen molar-refractivity contribution in [2.45, 2.75) is 45.8 Å². The molecule has 118 valence electrons. The molecule has 2 aromatic rings. The molecule has 0 saturated carbocycles. The minimum Gasteiger partial charge on any atom is -0.444 e. The first-order valence-electron chi connectivity index (χ1n) is 7.31. The van der Waals surface area contributed by atoms with Gasteiger partial charge in [-0.25, -0.2) is 4.79 Å². The summed E-state index contributed by atoms with van der Waals surface area (Å²) in [4.78, 5) is 26.9. The summed E-state index contributed by atoms with van der Waals surface area (Å²) in [5, 5.41) is 3.71. The van der Waals surface area contributed by atoms with Gasteiger partial charge in [-0.05, 0) is 39.3 Å². The van der Waals surface area contributed by atoms with E-state index in [1.165, 1.54) is 6.92 Å². The van der Waals surface area contributed by atoms with E-state index in [4.69, 9.17) is 4.74 Å². The smallest absolute Gasteiger partial charge is 0.408 e. The van der Waals surface area contributed by atoms with Crippen LogP contribution < -0.4 is 5.32 Å². The highest BCUT2D eigenvalue weighted by molar-refractivity contribution is 5.88. The molecule has 5 nitrogen and oxygen atoms in total. The number of H-pyrrole nitrogens is 1. The monoisotopic (exact) mass is 302 g/mol. The second-order valence-corrected chi connectivity index (χ2v) is 6.37. The first-order chi connectivity index (χ1) is 10.3. The summed E-state index contributed by atoms with van der Waals surface area (Å²) in [6.07, 6.45) is 1.73. The van der Waals surface area contributed by atoms with E-state index in [0.29, 0.717) is 6.42 Å². The highest BCUT2D eigenvalue weighted by Gasteiger charge is 2.23. The molecule has 1 atom stereocenters.